The van der Waals surface area contributed by atoms with E-state index in [0.717, 1.165) is 16.9 Å². The highest BCUT2D eigenvalue weighted by Crippen LogP contribution is 2.27. The van der Waals surface area contributed by atoms with Crippen molar-refractivity contribution in [1.29, 1.82) is 0 Å². The normalized spacial score (nSPS) is 11.1. The number of sulfonamides is 1. The molecule has 7 heteroatoms. The molecule has 2 rings (SSSR count). The number of carbonyl (C=O) groups excluding carboxylic acids is 1. The van der Waals surface area contributed by atoms with E-state index in [0.29, 0.717) is 5.75 Å². The number of benzene rings is 2. The second kappa shape index (κ2) is 7.94. The van der Waals surface area contributed by atoms with Gasteiger partial charge >= 0.3 is 0 Å². The zero-order chi connectivity index (χ0) is 17.6. The number of hydrogen-bond acceptors (Lipinski definition) is 4. The molecule has 0 aliphatic rings. The van der Waals surface area contributed by atoms with Gasteiger partial charge in [0, 0.05) is 12.1 Å². The molecule has 1 amide bonds. The average molecular weight is 348 g/mol. The summed E-state index contributed by atoms with van der Waals surface area (Å²) in [5.41, 5.74) is 1.76. The van der Waals surface area contributed by atoms with E-state index >= 15 is 0 Å². The van der Waals surface area contributed by atoms with E-state index in [1.807, 2.05) is 49.4 Å². The van der Waals surface area contributed by atoms with Crippen molar-refractivity contribution < 1.29 is 17.9 Å². The highest BCUT2D eigenvalue weighted by atomic mass is 32.2. The largest absolute Gasteiger partial charge is 0.457 e. The Morgan fingerprint density at radius 2 is 1.67 bits per heavy atom. The third kappa shape index (κ3) is 5.07. The fraction of sp³-hybridized carbons (Fsp3) is 0.235. The molecule has 6 nitrogen and oxygen atoms in total. The van der Waals surface area contributed by atoms with E-state index < -0.39 is 21.7 Å². The molecule has 0 radical (unpaired) electrons. The third-order valence-corrected chi connectivity index (χ3v) is 4.66. The van der Waals surface area contributed by atoms with Crippen LogP contribution in [-0.2, 0) is 21.4 Å². The van der Waals surface area contributed by atoms with Crippen LogP contribution in [0.25, 0.3) is 0 Å². The molecule has 0 aromatic heterocycles. The molecule has 0 saturated carbocycles. The number of aryl methyl sites for hydroxylation is 1. The third-order valence-electron chi connectivity index (χ3n) is 3.39. The summed E-state index contributed by atoms with van der Waals surface area (Å²) in [6, 6.07) is 14.9. The Kier molecular flexibility index (Phi) is 5.94. The Morgan fingerprint density at radius 1 is 1.04 bits per heavy atom. The molecule has 24 heavy (non-hydrogen) atoms. The molecule has 0 aliphatic heterocycles. The lowest BCUT2D eigenvalue weighted by atomic mass is 10.2. The summed E-state index contributed by atoms with van der Waals surface area (Å²) in [5, 5.41) is 2.59. The molecule has 0 fully saturated rings. The van der Waals surface area contributed by atoms with Crippen LogP contribution < -0.4 is 14.8 Å². The molecule has 0 aliphatic carbocycles. The smallest absolute Gasteiger partial charge is 0.236 e. The van der Waals surface area contributed by atoms with E-state index in [9.17, 15) is 13.2 Å². The predicted octanol–water partition coefficient (Wildman–Crippen LogP) is 1.95. The summed E-state index contributed by atoms with van der Waals surface area (Å²) in [7, 11) is -2.31. The van der Waals surface area contributed by atoms with Crippen molar-refractivity contribution >= 4 is 15.9 Å². The Morgan fingerprint density at radius 3 is 2.33 bits per heavy atom. The number of hydrogen-bond donors (Lipinski definition) is 2. The van der Waals surface area contributed by atoms with Crippen molar-refractivity contribution in [2.45, 2.75) is 13.5 Å². The first-order chi connectivity index (χ1) is 11.4. The van der Waals surface area contributed by atoms with E-state index in [-0.39, 0.29) is 6.54 Å². The minimum absolute atomic E-state index is 0.181. The molecule has 0 spiro atoms. The van der Waals surface area contributed by atoms with Gasteiger partial charge in [-0.05, 0) is 31.7 Å². The van der Waals surface area contributed by atoms with Gasteiger partial charge in [-0.1, -0.05) is 36.4 Å². The second-order valence-corrected chi connectivity index (χ2v) is 7.14. The van der Waals surface area contributed by atoms with Crippen molar-refractivity contribution in [3.05, 3.63) is 59.7 Å². The molecule has 0 bridgehead atoms. The lowest BCUT2D eigenvalue weighted by Crippen LogP contribution is -2.34. The van der Waals surface area contributed by atoms with E-state index in [1.54, 1.807) is 6.07 Å². The van der Waals surface area contributed by atoms with Crippen LogP contribution in [0.2, 0.25) is 0 Å². The topological polar surface area (TPSA) is 84.5 Å². The van der Waals surface area contributed by atoms with Gasteiger partial charge in [-0.3, -0.25) is 4.79 Å². The average Bonchev–Trinajstić information content (AvgIpc) is 2.56. The molecule has 0 atom stereocenters. The van der Waals surface area contributed by atoms with Gasteiger partial charge in [0.05, 0.1) is 0 Å². The van der Waals surface area contributed by atoms with Gasteiger partial charge in [0.25, 0.3) is 0 Å². The van der Waals surface area contributed by atoms with E-state index in [2.05, 4.69) is 10.0 Å². The zero-order valence-corrected chi connectivity index (χ0v) is 14.4. The van der Waals surface area contributed by atoms with E-state index in [4.69, 9.17) is 4.74 Å². The molecule has 2 N–H and O–H groups in total. The van der Waals surface area contributed by atoms with Gasteiger partial charge in [-0.15, -0.1) is 0 Å². The van der Waals surface area contributed by atoms with Gasteiger partial charge in [0.15, 0.2) is 0 Å². The molecule has 0 saturated heterocycles. The summed E-state index contributed by atoms with van der Waals surface area (Å²) in [4.78, 5) is 11.7. The summed E-state index contributed by atoms with van der Waals surface area (Å²) < 4.78 is 30.8. The second-order valence-electron chi connectivity index (χ2n) is 5.22. The molecule has 0 unspecified atom stereocenters. The number of ether oxygens (including phenoxy) is 1. The maximum absolute atomic E-state index is 11.7. The van der Waals surface area contributed by atoms with Crippen LogP contribution >= 0.6 is 0 Å². The first kappa shape index (κ1) is 18.0. The molecular weight excluding hydrogens is 328 g/mol. The number of amides is 1. The maximum atomic E-state index is 11.7. The Balaban J connectivity index is 2.07. The SMILES string of the molecule is CNS(=O)(=O)CC(=O)NCc1ccccc1Oc1ccccc1C. The standard InChI is InChI=1S/C17H20N2O4S/c1-13-7-3-5-9-15(13)23-16-10-6-4-8-14(16)11-19-17(20)12-24(21,22)18-2/h3-10,18H,11-12H2,1-2H3,(H,19,20). The first-order valence-corrected chi connectivity index (χ1v) is 9.06. The molecule has 0 heterocycles. The van der Waals surface area contributed by atoms with Crippen LogP contribution in [0, 0.1) is 6.92 Å². The van der Waals surface area contributed by atoms with Crippen LogP contribution in [0.15, 0.2) is 48.5 Å². The van der Waals surface area contributed by atoms with Crippen molar-refractivity contribution in [3.63, 3.8) is 0 Å². The van der Waals surface area contributed by atoms with Crippen molar-refractivity contribution in [2.24, 2.45) is 0 Å². The first-order valence-electron chi connectivity index (χ1n) is 7.40. The van der Waals surface area contributed by atoms with Gasteiger partial charge in [0.2, 0.25) is 15.9 Å². The minimum atomic E-state index is -3.58. The van der Waals surface area contributed by atoms with Gasteiger partial charge in [-0.2, -0.15) is 0 Å². The number of carbonyl (C=O) groups is 1. The van der Waals surface area contributed by atoms with Crippen LogP contribution in [0.5, 0.6) is 11.5 Å². The van der Waals surface area contributed by atoms with Gasteiger partial charge in [-0.25, -0.2) is 13.1 Å². The van der Waals surface area contributed by atoms with Crippen LogP contribution in [0.1, 0.15) is 11.1 Å². The number of rotatable bonds is 7. The van der Waals surface area contributed by atoms with Crippen LogP contribution in [-0.4, -0.2) is 27.1 Å². The quantitative estimate of drug-likeness (QED) is 0.801. The number of nitrogens with one attached hydrogen (secondary N) is 2. The summed E-state index contributed by atoms with van der Waals surface area (Å²) in [6.07, 6.45) is 0. The fourth-order valence-electron chi connectivity index (χ4n) is 2.03. The lowest BCUT2D eigenvalue weighted by molar-refractivity contribution is -0.118. The Bertz CT molecular complexity index is 819. The summed E-state index contributed by atoms with van der Waals surface area (Å²) in [5.74, 6) is 0.164. The summed E-state index contributed by atoms with van der Waals surface area (Å²) in [6.45, 7) is 2.13. The van der Waals surface area contributed by atoms with Crippen molar-refractivity contribution in [3.8, 4) is 11.5 Å². The Labute approximate surface area is 141 Å². The number of para-hydroxylation sites is 2. The van der Waals surface area contributed by atoms with Crippen LogP contribution in [0.4, 0.5) is 0 Å². The highest BCUT2D eigenvalue weighted by molar-refractivity contribution is 7.90. The molecular formula is C17H20N2O4S. The maximum Gasteiger partial charge on any atom is 0.236 e. The van der Waals surface area contributed by atoms with Gasteiger partial charge < -0.3 is 10.1 Å². The monoisotopic (exact) mass is 348 g/mol. The summed E-state index contributed by atoms with van der Waals surface area (Å²) >= 11 is 0. The Hall–Kier alpha value is -2.38. The minimum Gasteiger partial charge on any atom is -0.457 e. The van der Waals surface area contributed by atoms with Gasteiger partial charge in [0.1, 0.15) is 17.3 Å². The van der Waals surface area contributed by atoms with Crippen molar-refractivity contribution in [1.82, 2.24) is 10.0 Å². The molecule has 2 aromatic rings. The predicted molar refractivity (Wildman–Crippen MR) is 92.4 cm³/mol. The molecule has 128 valence electrons. The van der Waals surface area contributed by atoms with E-state index in [1.165, 1.54) is 7.05 Å². The van der Waals surface area contributed by atoms with Crippen LogP contribution in [0.3, 0.4) is 0 Å². The zero-order valence-electron chi connectivity index (χ0n) is 13.6. The fourth-order valence-corrected chi connectivity index (χ4v) is 2.62. The highest BCUT2D eigenvalue weighted by Gasteiger charge is 2.14. The lowest BCUT2D eigenvalue weighted by Gasteiger charge is -2.13. The van der Waals surface area contributed by atoms with Crippen molar-refractivity contribution in [2.75, 3.05) is 12.8 Å². The molecule has 2 aromatic carbocycles.